The molecule has 0 bridgehead atoms. The minimum atomic E-state index is -0.610. The van der Waals surface area contributed by atoms with Gasteiger partial charge in [0.25, 0.3) is 17.2 Å². The lowest BCUT2D eigenvalue weighted by Crippen LogP contribution is -2.23. The van der Waals surface area contributed by atoms with Gasteiger partial charge >= 0.3 is 0 Å². The van der Waals surface area contributed by atoms with Gasteiger partial charge in [-0.2, -0.15) is 0 Å². The molecule has 4 aromatic rings. The Bertz CT molecular complexity index is 1600. The largest absolute Gasteiger partial charge is 0.321 e. The van der Waals surface area contributed by atoms with E-state index in [2.05, 4.69) is 32.9 Å². The first-order valence-electron chi connectivity index (χ1n) is 9.62. The van der Waals surface area contributed by atoms with E-state index in [1.165, 1.54) is 24.3 Å². The fourth-order valence-electron chi connectivity index (χ4n) is 3.75. The maximum Gasteiger partial charge on any atom is 0.294 e. The molecule has 3 aromatic carbocycles. The molecule has 2 heterocycles. The second-order valence-electron chi connectivity index (χ2n) is 7.22. The molecule has 1 amide bonds. The molecular weight excluding hydrogens is 559 g/mol. The third-order valence-electron chi connectivity index (χ3n) is 5.21. The third-order valence-corrected chi connectivity index (χ3v) is 6.12. The number of rotatable bonds is 3. The monoisotopic (exact) mass is 570 g/mol. The molecule has 8 nitrogen and oxygen atoms in total. The Hall–Kier alpha value is -3.57. The van der Waals surface area contributed by atoms with Gasteiger partial charge in [-0.3, -0.25) is 24.3 Å². The van der Waals surface area contributed by atoms with Gasteiger partial charge in [0.15, 0.2) is 0 Å². The first-order valence-corrected chi connectivity index (χ1v) is 11.1. The van der Waals surface area contributed by atoms with Crippen LogP contribution in [0.25, 0.3) is 28.2 Å². The van der Waals surface area contributed by atoms with Gasteiger partial charge in [-0.1, -0.05) is 29.8 Å². The summed E-state index contributed by atoms with van der Waals surface area (Å²) in [5.74, 6) is -0.272. The van der Waals surface area contributed by atoms with Crippen LogP contribution in [0.2, 0.25) is 5.02 Å². The molecule has 0 atom stereocenters. The second kappa shape index (κ2) is 8.09. The molecule has 162 valence electrons. The third kappa shape index (κ3) is 3.68. The van der Waals surface area contributed by atoms with Crippen LogP contribution < -0.4 is 10.9 Å². The predicted molar refractivity (Wildman–Crippen MR) is 135 cm³/mol. The smallest absolute Gasteiger partial charge is 0.294 e. The van der Waals surface area contributed by atoms with Crippen molar-refractivity contribution in [2.45, 2.75) is 0 Å². The topological polar surface area (TPSA) is 107 Å². The molecule has 1 aliphatic rings. The highest BCUT2D eigenvalue weighted by Crippen LogP contribution is 2.34. The zero-order valence-electron chi connectivity index (χ0n) is 16.6. The van der Waals surface area contributed by atoms with Crippen LogP contribution in [0.15, 0.2) is 65.5 Å². The lowest BCUT2D eigenvalue weighted by atomic mass is 10.1. The number of carbonyl (C=O) groups excluding carboxylic acids is 1. The van der Waals surface area contributed by atoms with Crippen molar-refractivity contribution in [2.24, 2.45) is 0 Å². The van der Waals surface area contributed by atoms with Crippen LogP contribution in [0.1, 0.15) is 11.4 Å². The Labute approximate surface area is 204 Å². The van der Waals surface area contributed by atoms with Gasteiger partial charge in [-0.15, -0.1) is 0 Å². The number of para-hydroxylation sites is 1. The van der Waals surface area contributed by atoms with Crippen molar-refractivity contribution in [1.82, 2.24) is 9.55 Å². The number of aromatic nitrogens is 2. The number of benzene rings is 3. The minimum absolute atomic E-state index is 0.00111. The lowest BCUT2D eigenvalue weighted by molar-refractivity contribution is -0.384. The number of amides is 1. The molecule has 0 spiro atoms. The highest BCUT2D eigenvalue weighted by atomic mass is 127. The first-order chi connectivity index (χ1) is 15.8. The van der Waals surface area contributed by atoms with Crippen molar-refractivity contribution in [3.63, 3.8) is 0 Å². The molecule has 0 saturated heterocycles. The number of carbonyl (C=O) groups is 1. The average Bonchev–Trinajstić information content (AvgIpc) is 3.10. The summed E-state index contributed by atoms with van der Waals surface area (Å²) in [5, 5.41) is 15.0. The normalized spacial score (nSPS) is 13.9. The number of hydrogen-bond donors (Lipinski definition) is 1. The molecule has 1 aromatic heterocycles. The number of nitrogens with zero attached hydrogens (tertiary/aromatic N) is 3. The summed E-state index contributed by atoms with van der Waals surface area (Å²) in [6, 6.07) is 16.3. The number of hydrogen-bond acceptors (Lipinski definition) is 5. The van der Waals surface area contributed by atoms with E-state index in [-0.39, 0.29) is 28.1 Å². The molecule has 0 aliphatic carbocycles. The van der Waals surface area contributed by atoms with E-state index < -0.39 is 10.5 Å². The summed E-state index contributed by atoms with van der Waals surface area (Å²) in [6.07, 6.45) is 1.47. The van der Waals surface area contributed by atoms with E-state index in [1.807, 2.05) is 0 Å². The first kappa shape index (κ1) is 21.3. The van der Waals surface area contributed by atoms with Crippen LogP contribution in [0.3, 0.4) is 0 Å². The Morgan fingerprint density at radius 3 is 2.67 bits per heavy atom. The van der Waals surface area contributed by atoms with Gasteiger partial charge in [0, 0.05) is 25.9 Å². The standard InChI is InChI=1S/C23H12ClIN4O4/c24-12-5-8-19(20(9-12)29(32)33)28-21(26-18-7-6-13(25)10-16(18)23(28)31)11-15-14-3-1-2-4-17(14)27-22(15)30/h1-11H,(H,27,30). The molecule has 0 unspecified atom stereocenters. The van der Waals surface area contributed by atoms with Crippen LogP contribution in [-0.2, 0) is 4.79 Å². The number of fused-ring (bicyclic) bond motifs is 2. The van der Waals surface area contributed by atoms with Crippen molar-refractivity contribution < 1.29 is 9.72 Å². The van der Waals surface area contributed by atoms with Crippen LogP contribution in [-0.4, -0.2) is 20.4 Å². The van der Waals surface area contributed by atoms with Crippen LogP contribution in [0.4, 0.5) is 11.4 Å². The Morgan fingerprint density at radius 2 is 1.88 bits per heavy atom. The molecule has 0 saturated carbocycles. The van der Waals surface area contributed by atoms with Gasteiger partial charge in [0.05, 0.1) is 21.4 Å². The minimum Gasteiger partial charge on any atom is -0.321 e. The van der Waals surface area contributed by atoms with E-state index in [9.17, 15) is 19.7 Å². The Morgan fingerprint density at radius 1 is 1.09 bits per heavy atom. The number of halogens is 2. The van der Waals surface area contributed by atoms with Gasteiger partial charge in [0.1, 0.15) is 11.5 Å². The zero-order valence-corrected chi connectivity index (χ0v) is 19.5. The molecule has 5 rings (SSSR count). The molecule has 1 N–H and O–H groups in total. The summed E-state index contributed by atoms with van der Waals surface area (Å²) in [4.78, 5) is 42.0. The van der Waals surface area contributed by atoms with Crippen molar-refractivity contribution in [2.75, 3.05) is 5.32 Å². The number of anilines is 1. The fourth-order valence-corrected chi connectivity index (χ4v) is 4.41. The maximum absolute atomic E-state index is 13.6. The van der Waals surface area contributed by atoms with Gasteiger partial charge in [-0.25, -0.2) is 4.98 Å². The van der Waals surface area contributed by atoms with Crippen LogP contribution in [0.5, 0.6) is 0 Å². The van der Waals surface area contributed by atoms with Gasteiger partial charge < -0.3 is 5.32 Å². The summed E-state index contributed by atoms with van der Waals surface area (Å²) < 4.78 is 1.96. The molecule has 0 radical (unpaired) electrons. The van der Waals surface area contributed by atoms with E-state index in [0.29, 0.717) is 27.7 Å². The van der Waals surface area contributed by atoms with E-state index >= 15 is 0 Å². The van der Waals surface area contributed by atoms with Crippen molar-refractivity contribution in [1.29, 1.82) is 0 Å². The highest BCUT2D eigenvalue weighted by molar-refractivity contribution is 14.1. The highest BCUT2D eigenvalue weighted by Gasteiger charge is 2.26. The van der Waals surface area contributed by atoms with Gasteiger partial charge in [-0.05, 0) is 65.1 Å². The predicted octanol–water partition coefficient (Wildman–Crippen LogP) is 5.04. The molecule has 33 heavy (non-hydrogen) atoms. The molecule has 0 fully saturated rings. The number of nitro benzene ring substituents is 1. The molecule has 1 aliphatic heterocycles. The number of nitro groups is 1. The summed E-state index contributed by atoms with van der Waals surface area (Å²) >= 11 is 8.06. The van der Waals surface area contributed by atoms with Gasteiger partial charge in [0.2, 0.25) is 0 Å². The van der Waals surface area contributed by atoms with Crippen molar-refractivity contribution >= 4 is 74.0 Å². The Balaban J connectivity index is 1.88. The van der Waals surface area contributed by atoms with Crippen LogP contribution in [0, 0.1) is 13.7 Å². The van der Waals surface area contributed by atoms with Crippen LogP contribution >= 0.6 is 34.2 Å². The van der Waals surface area contributed by atoms with E-state index in [4.69, 9.17) is 11.6 Å². The summed E-state index contributed by atoms with van der Waals surface area (Å²) in [5.41, 5.74) is 1.14. The van der Waals surface area contributed by atoms with Crippen molar-refractivity contribution in [3.8, 4) is 5.69 Å². The zero-order chi connectivity index (χ0) is 23.3. The number of nitrogens with one attached hydrogen (secondary N) is 1. The lowest BCUT2D eigenvalue weighted by Gasteiger charge is -2.13. The second-order valence-corrected chi connectivity index (χ2v) is 8.90. The molecule has 10 heteroatoms. The van der Waals surface area contributed by atoms with E-state index in [1.54, 1.807) is 42.5 Å². The Kier molecular flexibility index (Phi) is 5.22. The van der Waals surface area contributed by atoms with E-state index in [0.717, 1.165) is 8.14 Å². The fraction of sp³-hybridized carbons (Fsp3) is 0. The molecular formula is C23H12ClIN4O4. The van der Waals surface area contributed by atoms with Crippen molar-refractivity contribution in [3.05, 3.63) is 101 Å². The SMILES string of the molecule is O=C1Nc2ccccc2C1=Cc1nc2ccc(I)cc2c(=O)n1-c1ccc(Cl)cc1[N+](=O)[O-]. The quantitative estimate of drug-likeness (QED) is 0.161. The summed E-state index contributed by atoms with van der Waals surface area (Å²) in [7, 11) is 0. The average molecular weight is 571 g/mol. The maximum atomic E-state index is 13.6. The summed E-state index contributed by atoms with van der Waals surface area (Å²) in [6.45, 7) is 0.